The third-order valence-electron chi connectivity index (χ3n) is 5.25. The molecule has 32 heavy (non-hydrogen) atoms. The maximum Gasteiger partial charge on any atom is 0.416 e. The Labute approximate surface area is 186 Å². The molecule has 0 bridgehead atoms. The zero-order chi connectivity index (χ0) is 22.7. The molecule has 0 unspecified atom stereocenters. The predicted octanol–water partition coefficient (Wildman–Crippen LogP) is 4.64. The van der Waals surface area contributed by atoms with Crippen LogP contribution in [0.5, 0.6) is 0 Å². The molecule has 0 atom stereocenters. The van der Waals surface area contributed by atoms with E-state index < -0.39 is 11.7 Å². The molecule has 3 aromatic rings. The highest BCUT2D eigenvalue weighted by Gasteiger charge is 2.30. The van der Waals surface area contributed by atoms with Crippen molar-refractivity contribution in [1.82, 2.24) is 14.3 Å². The number of rotatable bonds is 4. The first-order valence-electron chi connectivity index (χ1n) is 10.1. The fourth-order valence-corrected chi connectivity index (χ4v) is 4.26. The van der Waals surface area contributed by atoms with Crippen molar-refractivity contribution in [2.75, 3.05) is 31.1 Å². The monoisotopic (exact) mass is 464 g/mol. The molecule has 0 N–H and O–H groups in total. The van der Waals surface area contributed by atoms with Crippen LogP contribution in [0.25, 0.3) is 0 Å². The normalized spacial score (nSPS) is 15.0. The lowest BCUT2D eigenvalue weighted by Gasteiger charge is -2.21. The molecule has 2 heterocycles. The molecule has 1 amide bonds. The topological polar surface area (TPSA) is 49.3 Å². The maximum absolute atomic E-state index is 13.1. The number of halogens is 4. The summed E-state index contributed by atoms with van der Waals surface area (Å²) in [5.41, 5.74) is 0.382. The highest BCUT2D eigenvalue weighted by Crippen LogP contribution is 2.29. The number of nitrogens with zero attached hydrogens (tertiary/aromatic N) is 4. The van der Waals surface area contributed by atoms with Gasteiger partial charge < -0.3 is 9.80 Å². The van der Waals surface area contributed by atoms with Gasteiger partial charge in [0.2, 0.25) is 5.13 Å². The van der Waals surface area contributed by atoms with Crippen LogP contribution in [0.15, 0.2) is 48.5 Å². The standard InChI is InChI=1S/C22H20F4N4OS/c23-18-8-2-15(3-9-18)14-19-27-21(32-28-19)30-11-1-10-29(12-13-30)20(31)16-4-6-17(7-5-16)22(24,25)26/h2-9H,1,10-14H2. The number of hydrogen-bond acceptors (Lipinski definition) is 5. The average Bonchev–Trinajstić information content (AvgIpc) is 3.09. The number of carbonyl (C=O) groups is 1. The first-order valence-corrected chi connectivity index (χ1v) is 10.9. The van der Waals surface area contributed by atoms with Gasteiger partial charge in [0.05, 0.1) is 5.56 Å². The van der Waals surface area contributed by atoms with Crippen molar-refractivity contribution >= 4 is 22.6 Å². The molecular formula is C22H20F4N4OS. The number of aromatic nitrogens is 2. The Morgan fingerprint density at radius 2 is 1.69 bits per heavy atom. The molecule has 0 radical (unpaired) electrons. The molecule has 0 spiro atoms. The van der Waals surface area contributed by atoms with E-state index in [0.717, 1.165) is 22.8 Å². The fourth-order valence-electron chi connectivity index (χ4n) is 3.53. The molecule has 10 heteroatoms. The van der Waals surface area contributed by atoms with Crippen LogP contribution in [-0.2, 0) is 12.6 Å². The van der Waals surface area contributed by atoms with Crippen LogP contribution in [0, 0.1) is 5.82 Å². The minimum absolute atomic E-state index is 0.240. The number of anilines is 1. The Morgan fingerprint density at radius 3 is 2.38 bits per heavy atom. The molecule has 168 valence electrons. The first kappa shape index (κ1) is 22.2. The lowest BCUT2D eigenvalue weighted by atomic mass is 10.1. The van der Waals surface area contributed by atoms with Crippen LogP contribution in [0.2, 0.25) is 0 Å². The summed E-state index contributed by atoms with van der Waals surface area (Å²) in [5, 5.41) is 0.756. The Morgan fingerprint density at radius 1 is 0.969 bits per heavy atom. The summed E-state index contributed by atoms with van der Waals surface area (Å²) < 4.78 is 55.7. The van der Waals surface area contributed by atoms with Gasteiger partial charge in [0.1, 0.15) is 11.6 Å². The largest absolute Gasteiger partial charge is 0.416 e. The van der Waals surface area contributed by atoms with E-state index in [1.165, 1.54) is 35.8 Å². The van der Waals surface area contributed by atoms with Gasteiger partial charge in [-0.25, -0.2) is 9.37 Å². The van der Waals surface area contributed by atoms with Gasteiger partial charge in [-0.3, -0.25) is 4.79 Å². The van der Waals surface area contributed by atoms with Crippen molar-refractivity contribution in [3.8, 4) is 0 Å². The van der Waals surface area contributed by atoms with Crippen molar-refractivity contribution in [3.63, 3.8) is 0 Å². The number of carbonyl (C=O) groups excluding carboxylic acids is 1. The maximum atomic E-state index is 13.1. The Balaban J connectivity index is 1.37. The molecule has 1 fully saturated rings. The van der Waals surface area contributed by atoms with Crippen molar-refractivity contribution in [3.05, 3.63) is 76.9 Å². The van der Waals surface area contributed by atoms with Crippen molar-refractivity contribution in [2.24, 2.45) is 0 Å². The molecule has 0 aliphatic carbocycles. The molecule has 0 saturated carbocycles. The summed E-state index contributed by atoms with van der Waals surface area (Å²) in [4.78, 5) is 21.1. The van der Waals surface area contributed by atoms with Gasteiger partial charge in [0.25, 0.3) is 5.91 Å². The number of benzene rings is 2. The lowest BCUT2D eigenvalue weighted by molar-refractivity contribution is -0.137. The lowest BCUT2D eigenvalue weighted by Crippen LogP contribution is -2.35. The molecule has 2 aromatic carbocycles. The van der Waals surface area contributed by atoms with Gasteiger partial charge in [-0.05, 0) is 48.4 Å². The quantitative estimate of drug-likeness (QED) is 0.528. The van der Waals surface area contributed by atoms with Gasteiger partial charge in [0.15, 0.2) is 0 Å². The molecule has 5 nitrogen and oxygen atoms in total. The third kappa shape index (κ3) is 5.24. The molecule has 1 aliphatic rings. The van der Waals surface area contributed by atoms with Gasteiger partial charge >= 0.3 is 6.18 Å². The van der Waals surface area contributed by atoms with Crippen LogP contribution >= 0.6 is 11.5 Å². The first-order chi connectivity index (χ1) is 15.3. The third-order valence-corrected chi connectivity index (χ3v) is 6.06. The van der Waals surface area contributed by atoms with Gasteiger partial charge in [0, 0.05) is 49.7 Å². The molecule has 4 rings (SSSR count). The summed E-state index contributed by atoms with van der Waals surface area (Å²) >= 11 is 1.28. The SMILES string of the molecule is O=C(c1ccc(C(F)(F)F)cc1)N1CCCN(c2nc(Cc3ccc(F)cc3)ns2)CC1. The van der Waals surface area contributed by atoms with Crippen LogP contribution in [0.3, 0.4) is 0 Å². The highest BCUT2D eigenvalue weighted by atomic mass is 32.1. The van der Waals surface area contributed by atoms with E-state index >= 15 is 0 Å². The second-order valence-electron chi connectivity index (χ2n) is 7.50. The highest BCUT2D eigenvalue weighted by molar-refractivity contribution is 7.09. The van der Waals surface area contributed by atoms with E-state index in [0.29, 0.717) is 44.8 Å². The van der Waals surface area contributed by atoms with Gasteiger partial charge in [-0.2, -0.15) is 17.5 Å². The zero-order valence-corrected chi connectivity index (χ0v) is 17.8. The van der Waals surface area contributed by atoms with Crippen molar-refractivity contribution < 1.29 is 22.4 Å². The summed E-state index contributed by atoms with van der Waals surface area (Å²) in [5.74, 6) is 0.0778. The predicted molar refractivity (Wildman–Crippen MR) is 113 cm³/mol. The van der Waals surface area contributed by atoms with E-state index in [1.54, 1.807) is 17.0 Å². The number of hydrogen-bond donors (Lipinski definition) is 0. The number of alkyl halides is 3. The summed E-state index contributed by atoms with van der Waals surface area (Å²) in [6, 6.07) is 10.5. The van der Waals surface area contributed by atoms with E-state index in [4.69, 9.17) is 0 Å². The van der Waals surface area contributed by atoms with E-state index in [-0.39, 0.29) is 17.3 Å². The van der Waals surface area contributed by atoms with Crippen LogP contribution in [0.1, 0.15) is 33.7 Å². The smallest absolute Gasteiger partial charge is 0.345 e. The Hall–Kier alpha value is -3.01. The zero-order valence-electron chi connectivity index (χ0n) is 17.0. The summed E-state index contributed by atoms with van der Waals surface area (Å²) in [6.45, 7) is 2.20. The second kappa shape index (κ2) is 9.23. The molecular weight excluding hydrogens is 444 g/mol. The minimum atomic E-state index is -4.43. The summed E-state index contributed by atoms with van der Waals surface area (Å²) in [7, 11) is 0. The van der Waals surface area contributed by atoms with Crippen molar-refractivity contribution in [2.45, 2.75) is 19.0 Å². The van der Waals surface area contributed by atoms with E-state index in [9.17, 15) is 22.4 Å². The average molecular weight is 464 g/mol. The van der Waals surface area contributed by atoms with E-state index in [2.05, 4.69) is 14.3 Å². The van der Waals surface area contributed by atoms with Crippen LogP contribution in [-0.4, -0.2) is 46.3 Å². The number of amides is 1. The van der Waals surface area contributed by atoms with Crippen LogP contribution < -0.4 is 4.90 Å². The molecule has 1 saturated heterocycles. The Bertz CT molecular complexity index is 1070. The molecule has 1 aromatic heterocycles. The van der Waals surface area contributed by atoms with Gasteiger partial charge in [-0.1, -0.05) is 12.1 Å². The van der Waals surface area contributed by atoms with Gasteiger partial charge in [-0.15, -0.1) is 0 Å². The minimum Gasteiger partial charge on any atom is -0.345 e. The summed E-state index contributed by atoms with van der Waals surface area (Å²) in [6.07, 6.45) is -3.22. The fraction of sp³-hybridized carbons (Fsp3) is 0.318. The van der Waals surface area contributed by atoms with Crippen LogP contribution in [0.4, 0.5) is 22.7 Å². The second-order valence-corrected chi connectivity index (χ2v) is 8.23. The van der Waals surface area contributed by atoms with Crippen molar-refractivity contribution in [1.29, 1.82) is 0 Å². The molecule has 1 aliphatic heterocycles. The van der Waals surface area contributed by atoms with E-state index in [1.807, 2.05) is 0 Å². The Kier molecular flexibility index (Phi) is 6.40.